The van der Waals surface area contributed by atoms with E-state index in [1.165, 1.54) is 11.1 Å². The Morgan fingerprint density at radius 3 is 3.00 bits per heavy atom. The average molecular weight is 257 g/mol. The molecule has 0 N–H and O–H groups in total. The predicted octanol–water partition coefficient (Wildman–Crippen LogP) is 1.68. The highest BCUT2D eigenvalue weighted by Crippen LogP contribution is 2.38. The molecule has 3 rings (SSSR count). The lowest BCUT2D eigenvalue weighted by Crippen LogP contribution is -2.21. The Balaban J connectivity index is 1.90. The van der Waals surface area contributed by atoms with Crippen LogP contribution in [0.1, 0.15) is 40.4 Å². The minimum absolute atomic E-state index is 0.142. The summed E-state index contributed by atoms with van der Waals surface area (Å²) < 4.78 is 6.59. The third-order valence-electron chi connectivity index (χ3n) is 3.42. The molecule has 1 aromatic carbocycles. The fourth-order valence-corrected chi connectivity index (χ4v) is 2.47. The maximum atomic E-state index is 11.6. The van der Waals surface area contributed by atoms with Crippen LogP contribution in [-0.4, -0.2) is 27.3 Å². The SMILES string of the molecule is CCOC(=O)c1nc(C2Cc3ccccc32)n(C)n1. The zero-order chi connectivity index (χ0) is 13.4. The fourth-order valence-electron chi connectivity index (χ4n) is 2.47. The zero-order valence-electron chi connectivity index (χ0n) is 11.0. The number of nitrogens with zero attached hydrogens (tertiary/aromatic N) is 3. The van der Waals surface area contributed by atoms with Crippen molar-refractivity contribution in [3.63, 3.8) is 0 Å². The number of rotatable bonds is 3. The molecule has 1 aliphatic rings. The van der Waals surface area contributed by atoms with Crippen molar-refractivity contribution in [2.24, 2.45) is 7.05 Å². The van der Waals surface area contributed by atoms with E-state index in [0.29, 0.717) is 6.61 Å². The van der Waals surface area contributed by atoms with Crippen molar-refractivity contribution in [2.75, 3.05) is 6.61 Å². The van der Waals surface area contributed by atoms with Gasteiger partial charge < -0.3 is 4.74 Å². The number of carbonyl (C=O) groups is 1. The number of hydrogen-bond acceptors (Lipinski definition) is 4. The van der Waals surface area contributed by atoms with Gasteiger partial charge in [0, 0.05) is 13.0 Å². The topological polar surface area (TPSA) is 57.0 Å². The van der Waals surface area contributed by atoms with Crippen LogP contribution in [0.2, 0.25) is 0 Å². The van der Waals surface area contributed by atoms with Crippen LogP contribution < -0.4 is 0 Å². The molecule has 1 unspecified atom stereocenters. The third-order valence-corrected chi connectivity index (χ3v) is 3.42. The molecule has 0 bridgehead atoms. The smallest absolute Gasteiger partial charge is 0.378 e. The molecular weight excluding hydrogens is 242 g/mol. The first-order valence-corrected chi connectivity index (χ1v) is 6.36. The zero-order valence-corrected chi connectivity index (χ0v) is 11.0. The number of hydrogen-bond donors (Lipinski definition) is 0. The highest BCUT2D eigenvalue weighted by Gasteiger charge is 2.31. The minimum atomic E-state index is -0.461. The van der Waals surface area contributed by atoms with Crippen LogP contribution in [0, 0.1) is 0 Å². The van der Waals surface area contributed by atoms with E-state index in [2.05, 4.69) is 22.2 Å². The molecule has 0 amide bonds. The molecule has 0 fully saturated rings. The van der Waals surface area contributed by atoms with Crippen molar-refractivity contribution in [3.8, 4) is 0 Å². The van der Waals surface area contributed by atoms with Crippen LogP contribution in [0.3, 0.4) is 0 Å². The second kappa shape index (κ2) is 4.50. The van der Waals surface area contributed by atoms with E-state index in [1.54, 1.807) is 11.6 Å². The van der Waals surface area contributed by atoms with Gasteiger partial charge in [0.05, 0.1) is 6.61 Å². The Labute approximate surface area is 111 Å². The van der Waals surface area contributed by atoms with Crippen LogP contribution in [0.25, 0.3) is 0 Å². The molecule has 0 spiro atoms. The van der Waals surface area contributed by atoms with Crippen molar-refractivity contribution in [1.29, 1.82) is 0 Å². The first-order chi connectivity index (χ1) is 9.20. The molecule has 1 atom stereocenters. The highest BCUT2D eigenvalue weighted by molar-refractivity contribution is 5.85. The van der Waals surface area contributed by atoms with Crippen LogP contribution in [0.15, 0.2) is 24.3 Å². The molecule has 0 aliphatic heterocycles. The Kier molecular flexibility index (Phi) is 2.81. The van der Waals surface area contributed by atoms with Gasteiger partial charge in [0.2, 0.25) is 0 Å². The van der Waals surface area contributed by atoms with Crippen LogP contribution >= 0.6 is 0 Å². The minimum Gasteiger partial charge on any atom is -0.460 e. The monoisotopic (exact) mass is 257 g/mol. The van der Waals surface area contributed by atoms with Crippen molar-refractivity contribution < 1.29 is 9.53 Å². The normalized spacial score (nSPS) is 16.6. The maximum absolute atomic E-state index is 11.6. The maximum Gasteiger partial charge on any atom is 0.378 e. The summed E-state index contributed by atoms with van der Waals surface area (Å²) >= 11 is 0. The second-order valence-electron chi connectivity index (χ2n) is 4.59. The van der Waals surface area contributed by atoms with Gasteiger partial charge >= 0.3 is 5.97 Å². The van der Waals surface area contributed by atoms with E-state index < -0.39 is 5.97 Å². The van der Waals surface area contributed by atoms with Crippen molar-refractivity contribution in [2.45, 2.75) is 19.3 Å². The van der Waals surface area contributed by atoms with Gasteiger partial charge in [0.1, 0.15) is 5.82 Å². The number of ether oxygens (including phenoxy) is 1. The second-order valence-corrected chi connectivity index (χ2v) is 4.59. The summed E-state index contributed by atoms with van der Waals surface area (Å²) in [5.74, 6) is 0.735. The molecular formula is C14H15N3O2. The number of carbonyl (C=O) groups excluding carboxylic acids is 1. The van der Waals surface area contributed by atoms with Crippen molar-refractivity contribution >= 4 is 5.97 Å². The number of esters is 1. The van der Waals surface area contributed by atoms with Crippen molar-refractivity contribution in [1.82, 2.24) is 14.8 Å². The van der Waals surface area contributed by atoms with Crippen LogP contribution in [0.5, 0.6) is 0 Å². The van der Waals surface area contributed by atoms with E-state index in [0.717, 1.165) is 12.2 Å². The molecule has 0 saturated heterocycles. The summed E-state index contributed by atoms with van der Waals surface area (Å²) in [6, 6.07) is 8.28. The Bertz CT molecular complexity index is 633. The lowest BCUT2D eigenvalue weighted by Gasteiger charge is -2.28. The first-order valence-electron chi connectivity index (χ1n) is 6.36. The molecule has 2 aromatic rings. The largest absolute Gasteiger partial charge is 0.460 e. The summed E-state index contributed by atoms with van der Waals surface area (Å²) in [6.45, 7) is 2.10. The van der Waals surface area contributed by atoms with E-state index in [4.69, 9.17) is 4.74 Å². The quantitative estimate of drug-likeness (QED) is 0.785. The van der Waals surface area contributed by atoms with Gasteiger partial charge in [-0.15, -0.1) is 5.10 Å². The van der Waals surface area contributed by atoms with E-state index in [1.807, 2.05) is 19.2 Å². The molecule has 5 heteroatoms. The van der Waals surface area contributed by atoms with Gasteiger partial charge in [-0.2, -0.15) is 0 Å². The van der Waals surface area contributed by atoms with Crippen LogP contribution in [0.4, 0.5) is 0 Å². The lowest BCUT2D eigenvalue weighted by atomic mass is 9.77. The summed E-state index contributed by atoms with van der Waals surface area (Å²) in [6.07, 6.45) is 0.949. The summed E-state index contributed by atoms with van der Waals surface area (Å²) in [5, 5.41) is 4.14. The summed E-state index contributed by atoms with van der Waals surface area (Å²) in [5.41, 5.74) is 2.61. The fraction of sp³-hybridized carbons (Fsp3) is 0.357. The summed E-state index contributed by atoms with van der Waals surface area (Å²) in [4.78, 5) is 16.0. The molecule has 0 saturated carbocycles. The van der Waals surface area contributed by atoms with Crippen molar-refractivity contribution in [3.05, 3.63) is 47.0 Å². The van der Waals surface area contributed by atoms with E-state index in [9.17, 15) is 4.79 Å². The van der Waals surface area contributed by atoms with Gasteiger partial charge in [-0.05, 0) is 24.5 Å². The molecule has 5 nitrogen and oxygen atoms in total. The van der Waals surface area contributed by atoms with Gasteiger partial charge in [-0.1, -0.05) is 24.3 Å². The Hall–Kier alpha value is -2.17. The van der Waals surface area contributed by atoms with Gasteiger partial charge in [-0.3, -0.25) is 4.68 Å². The first kappa shape index (κ1) is 11.9. The standard InChI is InChI=1S/C14H15N3O2/c1-3-19-14(18)12-15-13(17(2)16-12)11-8-9-6-4-5-7-10(9)11/h4-7,11H,3,8H2,1-2H3. The van der Waals surface area contributed by atoms with Gasteiger partial charge in [-0.25, -0.2) is 9.78 Å². The average Bonchev–Trinajstić information content (AvgIpc) is 2.74. The number of fused-ring (bicyclic) bond motifs is 1. The molecule has 1 aliphatic carbocycles. The van der Waals surface area contributed by atoms with Crippen LogP contribution in [-0.2, 0) is 18.2 Å². The summed E-state index contributed by atoms with van der Waals surface area (Å²) in [7, 11) is 1.81. The highest BCUT2D eigenvalue weighted by atomic mass is 16.5. The van der Waals surface area contributed by atoms with E-state index >= 15 is 0 Å². The number of aryl methyl sites for hydroxylation is 1. The third kappa shape index (κ3) is 1.91. The Morgan fingerprint density at radius 1 is 1.47 bits per heavy atom. The lowest BCUT2D eigenvalue weighted by molar-refractivity contribution is 0.0512. The molecule has 98 valence electrons. The molecule has 1 aromatic heterocycles. The predicted molar refractivity (Wildman–Crippen MR) is 68.9 cm³/mol. The molecule has 0 radical (unpaired) electrons. The Morgan fingerprint density at radius 2 is 2.26 bits per heavy atom. The molecule has 19 heavy (non-hydrogen) atoms. The number of benzene rings is 1. The van der Waals surface area contributed by atoms with Gasteiger partial charge in [0.25, 0.3) is 5.82 Å². The van der Waals surface area contributed by atoms with E-state index in [-0.39, 0.29) is 11.7 Å². The number of aromatic nitrogens is 3. The van der Waals surface area contributed by atoms with Gasteiger partial charge in [0.15, 0.2) is 0 Å². The molecule has 1 heterocycles.